The van der Waals surface area contributed by atoms with E-state index in [1.165, 1.54) is 57.1 Å². The zero-order valence-corrected chi connectivity index (χ0v) is 15.1. The van der Waals surface area contributed by atoms with Gasteiger partial charge < -0.3 is 5.11 Å². The van der Waals surface area contributed by atoms with E-state index in [0.717, 1.165) is 34.8 Å². The summed E-state index contributed by atoms with van der Waals surface area (Å²) in [6.45, 7) is 5.08. The van der Waals surface area contributed by atoms with Crippen molar-refractivity contribution in [3.05, 3.63) is 0 Å². The third-order valence-corrected chi connectivity index (χ3v) is 10.8. The molecule has 0 unspecified atom stereocenters. The Morgan fingerprint density at radius 3 is 2.41 bits per heavy atom. The molecule has 4 saturated carbocycles. The van der Waals surface area contributed by atoms with Gasteiger partial charge in [0.05, 0.1) is 6.10 Å². The van der Waals surface area contributed by atoms with Crippen LogP contribution in [0.4, 0.5) is 0 Å². The van der Waals surface area contributed by atoms with E-state index in [9.17, 15) is 5.11 Å². The molecule has 2 heteroatoms. The van der Waals surface area contributed by atoms with Gasteiger partial charge in [-0.2, -0.15) is 11.8 Å². The van der Waals surface area contributed by atoms with Crippen LogP contribution in [0.1, 0.15) is 71.6 Å². The van der Waals surface area contributed by atoms with Gasteiger partial charge in [-0.05, 0) is 92.3 Å². The molecule has 124 valence electrons. The Morgan fingerprint density at radius 2 is 1.64 bits per heavy atom. The Balaban J connectivity index is 1.44. The summed E-state index contributed by atoms with van der Waals surface area (Å²) in [5, 5.41) is 10.5. The van der Waals surface area contributed by atoms with Gasteiger partial charge in [0.2, 0.25) is 0 Å². The molecule has 0 aromatic carbocycles. The molecule has 0 radical (unpaired) electrons. The fourth-order valence-corrected chi connectivity index (χ4v) is 8.68. The van der Waals surface area contributed by atoms with Gasteiger partial charge in [-0.1, -0.05) is 13.8 Å². The van der Waals surface area contributed by atoms with Gasteiger partial charge in [0.25, 0.3) is 0 Å². The molecule has 0 amide bonds. The zero-order valence-electron chi connectivity index (χ0n) is 14.3. The van der Waals surface area contributed by atoms with Crippen molar-refractivity contribution >= 4 is 11.8 Å². The Kier molecular flexibility index (Phi) is 2.98. The number of aliphatic hydroxyl groups excluding tert-OH is 1. The lowest BCUT2D eigenvalue weighted by Crippen LogP contribution is -2.54. The van der Waals surface area contributed by atoms with Gasteiger partial charge in [-0.3, -0.25) is 0 Å². The Morgan fingerprint density at radius 1 is 0.864 bits per heavy atom. The highest BCUT2D eigenvalue weighted by molar-refractivity contribution is 8.07. The monoisotopic (exact) mass is 320 g/mol. The van der Waals surface area contributed by atoms with Crippen molar-refractivity contribution in [1.29, 1.82) is 0 Å². The van der Waals surface area contributed by atoms with E-state index in [1.807, 2.05) is 0 Å². The first-order chi connectivity index (χ1) is 10.5. The number of thioether (sulfide) groups is 1. The second-order valence-corrected chi connectivity index (χ2v) is 11.4. The molecule has 1 nitrogen and oxygen atoms in total. The number of aliphatic hydroxyl groups is 1. The summed E-state index contributed by atoms with van der Waals surface area (Å²) in [4.78, 5) is 0. The average Bonchev–Trinajstić information content (AvgIpc) is 3.19. The van der Waals surface area contributed by atoms with Crippen LogP contribution in [-0.4, -0.2) is 21.7 Å². The maximum atomic E-state index is 10.5. The van der Waals surface area contributed by atoms with Gasteiger partial charge in [-0.15, -0.1) is 0 Å². The van der Waals surface area contributed by atoms with Crippen LogP contribution < -0.4 is 0 Å². The molecular formula is C20H32OS. The summed E-state index contributed by atoms with van der Waals surface area (Å²) in [7, 11) is 0. The van der Waals surface area contributed by atoms with Crippen molar-refractivity contribution < 1.29 is 5.11 Å². The van der Waals surface area contributed by atoms with E-state index in [1.54, 1.807) is 0 Å². The molecule has 8 atom stereocenters. The van der Waals surface area contributed by atoms with Crippen LogP contribution in [0.3, 0.4) is 0 Å². The van der Waals surface area contributed by atoms with E-state index in [-0.39, 0.29) is 11.5 Å². The quantitative estimate of drug-likeness (QED) is 0.642. The summed E-state index contributed by atoms with van der Waals surface area (Å²) in [5.74, 6) is 5.19. The van der Waals surface area contributed by atoms with Crippen molar-refractivity contribution in [2.24, 2.45) is 34.5 Å². The smallest absolute Gasteiger partial charge is 0.0596 e. The third-order valence-electron chi connectivity index (χ3n) is 9.31. The van der Waals surface area contributed by atoms with Gasteiger partial charge in [0.1, 0.15) is 0 Å². The summed E-state index contributed by atoms with van der Waals surface area (Å²) >= 11 is 2.26. The Bertz CT molecular complexity index is 486. The maximum absolute atomic E-state index is 10.5. The van der Waals surface area contributed by atoms with Crippen molar-refractivity contribution in [2.75, 3.05) is 5.75 Å². The topological polar surface area (TPSA) is 20.2 Å². The molecule has 1 spiro atoms. The highest BCUT2D eigenvalue weighted by Gasteiger charge is 2.62. The lowest BCUT2D eigenvalue weighted by Gasteiger charge is -2.61. The molecule has 1 aliphatic heterocycles. The molecule has 4 aliphatic carbocycles. The van der Waals surface area contributed by atoms with Crippen LogP contribution in [0.2, 0.25) is 0 Å². The molecule has 5 rings (SSSR count). The molecule has 0 aromatic rings. The molecule has 0 bridgehead atoms. The number of rotatable bonds is 0. The second kappa shape index (κ2) is 4.48. The Labute approximate surface area is 140 Å². The zero-order chi connectivity index (χ0) is 15.2. The van der Waals surface area contributed by atoms with Gasteiger partial charge in [0, 0.05) is 10.5 Å². The first-order valence-electron chi connectivity index (χ1n) is 9.79. The van der Waals surface area contributed by atoms with Crippen LogP contribution in [0.5, 0.6) is 0 Å². The minimum Gasteiger partial charge on any atom is -0.393 e. The number of hydrogen-bond acceptors (Lipinski definition) is 2. The Hall–Kier alpha value is 0.310. The highest BCUT2D eigenvalue weighted by Crippen LogP contribution is 2.69. The molecule has 5 aliphatic rings. The van der Waals surface area contributed by atoms with Crippen molar-refractivity contribution in [1.82, 2.24) is 0 Å². The molecule has 22 heavy (non-hydrogen) atoms. The van der Waals surface area contributed by atoms with E-state index < -0.39 is 0 Å². The molecule has 5 fully saturated rings. The van der Waals surface area contributed by atoms with E-state index >= 15 is 0 Å². The minimum absolute atomic E-state index is 0.0125. The van der Waals surface area contributed by atoms with Crippen LogP contribution in [0.25, 0.3) is 0 Å². The molecular weight excluding hydrogens is 288 g/mol. The number of fused-ring (bicyclic) bond motifs is 5. The fourth-order valence-electron chi connectivity index (χ4n) is 7.64. The van der Waals surface area contributed by atoms with Crippen LogP contribution in [0.15, 0.2) is 0 Å². The SMILES string of the molecule is C[C@]12CC[C@]3(CS3)C[C@H]1CC[C@H]1[C@H]2CC[C@]2(C)[C@H](O)CC[C@@H]12. The average molecular weight is 321 g/mol. The van der Waals surface area contributed by atoms with Gasteiger partial charge in [-0.25, -0.2) is 0 Å². The van der Waals surface area contributed by atoms with E-state index in [4.69, 9.17) is 0 Å². The molecule has 1 saturated heterocycles. The van der Waals surface area contributed by atoms with Crippen LogP contribution >= 0.6 is 11.8 Å². The highest BCUT2D eigenvalue weighted by atomic mass is 32.2. The third kappa shape index (κ3) is 1.78. The second-order valence-electron chi connectivity index (χ2n) is 9.97. The van der Waals surface area contributed by atoms with E-state index in [0.29, 0.717) is 5.41 Å². The molecule has 0 aromatic heterocycles. The molecule has 1 N–H and O–H groups in total. The van der Waals surface area contributed by atoms with Crippen LogP contribution in [-0.2, 0) is 0 Å². The largest absolute Gasteiger partial charge is 0.393 e. The van der Waals surface area contributed by atoms with E-state index in [2.05, 4.69) is 25.6 Å². The van der Waals surface area contributed by atoms with Crippen LogP contribution in [0, 0.1) is 34.5 Å². The van der Waals surface area contributed by atoms with Crippen molar-refractivity contribution in [2.45, 2.75) is 82.5 Å². The normalized spacial score (nSPS) is 63.1. The van der Waals surface area contributed by atoms with Gasteiger partial charge >= 0.3 is 0 Å². The van der Waals surface area contributed by atoms with Gasteiger partial charge in [0.15, 0.2) is 0 Å². The summed E-state index contributed by atoms with van der Waals surface area (Å²) in [5.41, 5.74) is 0.888. The first kappa shape index (κ1) is 14.6. The lowest BCUT2D eigenvalue weighted by atomic mass is 9.44. The minimum atomic E-state index is -0.0125. The predicted molar refractivity (Wildman–Crippen MR) is 92.9 cm³/mol. The first-order valence-corrected chi connectivity index (χ1v) is 10.8. The van der Waals surface area contributed by atoms with Crippen molar-refractivity contribution in [3.63, 3.8) is 0 Å². The predicted octanol–water partition coefficient (Wildman–Crippen LogP) is 4.88. The number of hydrogen-bond donors (Lipinski definition) is 1. The summed E-state index contributed by atoms with van der Waals surface area (Å²) in [6.07, 6.45) is 12.6. The van der Waals surface area contributed by atoms with Crippen molar-refractivity contribution in [3.8, 4) is 0 Å². The maximum Gasteiger partial charge on any atom is 0.0596 e. The lowest BCUT2D eigenvalue weighted by molar-refractivity contribution is -0.122. The molecule has 1 heterocycles. The summed E-state index contributed by atoms with van der Waals surface area (Å²) < 4.78 is 0.740. The fraction of sp³-hybridized carbons (Fsp3) is 1.00. The standard InChI is InChI=1S/C20H32OS/c1-18-9-10-20(12-22-20)11-13(18)3-4-14-15-5-6-17(21)19(15,2)8-7-16(14)18/h13-17,21H,3-12H2,1-2H3/t13-,14-,15+,16-,17-,18+,19+,20-/m1/s1. The summed E-state index contributed by atoms with van der Waals surface area (Å²) in [6, 6.07) is 0.